The molecule has 0 spiro atoms. The van der Waals surface area contributed by atoms with E-state index >= 15 is 0 Å². The average molecular weight is 268 g/mol. The molecule has 2 aromatic rings. The highest BCUT2D eigenvalue weighted by atomic mass is 16.6. The van der Waals surface area contributed by atoms with Crippen molar-refractivity contribution in [1.82, 2.24) is 0 Å². The van der Waals surface area contributed by atoms with Crippen LogP contribution in [0.1, 0.15) is 18.1 Å². The number of nitro groups is 1. The van der Waals surface area contributed by atoms with Crippen molar-refractivity contribution >= 4 is 11.4 Å². The number of fused-ring (bicyclic) bond motifs is 1. The molecular weight excluding hydrogens is 252 g/mol. The van der Waals surface area contributed by atoms with Gasteiger partial charge in [0.2, 0.25) is 0 Å². The van der Waals surface area contributed by atoms with E-state index in [1.165, 1.54) is 11.3 Å². The highest BCUT2D eigenvalue weighted by molar-refractivity contribution is 5.60. The lowest BCUT2D eigenvalue weighted by Gasteiger charge is -2.24. The van der Waals surface area contributed by atoms with E-state index in [4.69, 9.17) is 0 Å². The molecule has 0 fully saturated rings. The van der Waals surface area contributed by atoms with Crippen LogP contribution in [0.3, 0.4) is 0 Å². The maximum absolute atomic E-state index is 11.1. The number of hydrogen-bond acceptors (Lipinski definition) is 3. The summed E-state index contributed by atoms with van der Waals surface area (Å²) in [5.74, 6) is 0. The smallest absolute Gasteiger partial charge is 0.274 e. The summed E-state index contributed by atoms with van der Waals surface area (Å²) < 4.78 is 0. The lowest BCUT2D eigenvalue weighted by atomic mass is 10.1. The second-order valence-electron chi connectivity index (χ2n) is 5.20. The fourth-order valence-electron chi connectivity index (χ4n) is 2.88. The lowest BCUT2D eigenvalue weighted by molar-refractivity contribution is -0.385. The van der Waals surface area contributed by atoms with Crippen molar-refractivity contribution in [3.8, 4) is 0 Å². The summed E-state index contributed by atoms with van der Waals surface area (Å²) in [6.45, 7) is 2.74. The summed E-state index contributed by atoms with van der Waals surface area (Å²) in [5.41, 5.74) is 3.47. The van der Waals surface area contributed by atoms with Crippen LogP contribution in [0.4, 0.5) is 11.4 Å². The van der Waals surface area contributed by atoms with E-state index in [0.717, 1.165) is 12.0 Å². The number of rotatable bonds is 3. The molecule has 0 unspecified atom stereocenters. The average Bonchev–Trinajstić information content (AvgIpc) is 2.76. The minimum Gasteiger partial charge on any atom is -0.364 e. The summed E-state index contributed by atoms with van der Waals surface area (Å²) in [4.78, 5) is 13.1. The number of anilines is 1. The van der Waals surface area contributed by atoms with Crippen molar-refractivity contribution in [2.75, 3.05) is 4.90 Å². The first-order chi connectivity index (χ1) is 9.66. The third kappa shape index (κ3) is 2.13. The van der Waals surface area contributed by atoms with Crippen LogP contribution in [0, 0.1) is 10.1 Å². The zero-order chi connectivity index (χ0) is 14.1. The van der Waals surface area contributed by atoms with Crippen LogP contribution in [-0.4, -0.2) is 11.0 Å². The van der Waals surface area contributed by atoms with Crippen molar-refractivity contribution in [2.24, 2.45) is 0 Å². The Balaban J connectivity index is 1.94. The monoisotopic (exact) mass is 268 g/mol. The SMILES string of the molecule is C[C@@H]1Cc2ccccc2N1Cc1ccccc1[N+](=O)[O-]. The van der Waals surface area contributed by atoms with Gasteiger partial charge in [-0.05, 0) is 25.0 Å². The molecule has 102 valence electrons. The molecule has 0 N–H and O–H groups in total. The van der Waals surface area contributed by atoms with Crippen LogP contribution in [0.5, 0.6) is 0 Å². The van der Waals surface area contributed by atoms with Crippen molar-refractivity contribution < 1.29 is 4.92 Å². The van der Waals surface area contributed by atoms with E-state index < -0.39 is 0 Å². The Kier molecular flexibility index (Phi) is 3.14. The van der Waals surface area contributed by atoms with Gasteiger partial charge in [-0.2, -0.15) is 0 Å². The molecule has 20 heavy (non-hydrogen) atoms. The molecule has 4 heteroatoms. The standard InChI is InChI=1S/C16H16N2O2/c1-12-10-13-6-2-4-8-15(13)17(12)11-14-7-3-5-9-16(14)18(19)20/h2-9,12H,10-11H2,1H3/t12-/m1/s1. The largest absolute Gasteiger partial charge is 0.364 e. The second-order valence-corrected chi connectivity index (χ2v) is 5.20. The van der Waals surface area contributed by atoms with E-state index in [1.807, 2.05) is 24.3 Å². The predicted octanol–water partition coefficient (Wildman–Crippen LogP) is 3.55. The van der Waals surface area contributed by atoms with Crippen molar-refractivity contribution in [3.05, 3.63) is 69.8 Å². The van der Waals surface area contributed by atoms with Crippen LogP contribution < -0.4 is 4.90 Å². The number of nitro benzene ring substituents is 1. The maximum Gasteiger partial charge on any atom is 0.274 e. The number of para-hydroxylation sites is 2. The van der Waals surface area contributed by atoms with Gasteiger partial charge in [0.05, 0.1) is 11.5 Å². The van der Waals surface area contributed by atoms with Crippen LogP contribution in [0.25, 0.3) is 0 Å². The number of benzene rings is 2. The van der Waals surface area contributed by atoms with Crippen molar-refractivity contribution in [3.63, 3.8) is 0 Å². The third-order valence-corrected chi connectivity index (χ3v) is 3.88. The van der Waals surface area contributed by atoms with E-state index in [0.29, 0.717) is 12.6 Å². The lowest BCUT2D eigenvalue weighted by Crippen LogP contribution is -2.28. The fourth-order valence-corrected chi connectivity index (χ4v) is 2.88. The highest BCUT2D eigenvalue weighted by Crippen LogP contribution is 2.34. The van der Waals surface area contributed by atoms with E-state index in [1.54, 1.807) is 12.1 Å². The van der Waals surface area contributed by atoms with Gasteiger partial charge in [-0.3, -0.25) is 10.1 Å². The maximum atomic E-state index is 11.1. The third-order valence-electron chi connectivity index (χ3n) is 3.88. The molecule has 0 aromatic heterocycles. The Bertz CT molecular complexity index is 654. The number of nitrogens with zero attached hydrogens (tertiary/aromatic N) is 2. The van der Waals surface area contributed by atoms with Gasteiger partial charge in [0, 0.05) is 23.4 Å². The Hall–Kier alpha value is -2.36. The first-order valence-corrected chi connectivity index (χ1v) is 6.73. The zero-order valence-corrected chi connectivity index (χ0v) is 11.3. The second kappa shape index (κ2) is 4.96. The van der Waals surface area contributed by atoms with Crippen molar-refractivity contribution in [2.45, 2.75) is 25.9 Å². The van der Waals surface area contributed by atoms with Crippen molar-refractivity contribution in [1.29, 1.82) is 0 Å². The molecule has 4 nitrogen and oxygen atoms in total. The predicted molar refractivity (Wildman–Crippen MR) is 78.9 cm³/mol. The van der Waals surface area contributed by atoms with Gasteiger partial charge in [-0.15, -0.1) is 0 Å². The van der Waals surface area contributed by atoms with Crippen LogP contribution >= 0.6 is 0 Å². The summed E-state index contributed by atoms with van der Waals surface area (Å²) >= 11 is 0. The molecule has 0 bridgehead atoms. The molecule has 0 saturated heterocycles. The highest BCUT2D eigenvalue weighted by Gasteiger charge is 2.27. The van der Waals surface area contributed by atoms with E-state index in [-0.39, 0.29) is 10.6 Å². The summed E-state index contributed by atoms with van der Waals surface area (Å²) in [7, 11) is 0. The minimum absolute atomic E-state index is 0.198. The number of hydrogen-bond donors (Lipinski definition) is 0. The van der Waals surface area contributed by atoms with Crippen LogP contribution in [0.2, 0.25) is 0 Å². The Labute approximate surface area is 117 Å². The molecule has 1 aliphatic rings. The van der Waals surface area contributed by atoms with E-state index in [9.17, 15) is 10.1 Å². The fraction of sp³-hybridized carbons (Fsp3) is 0.250. The molecule has 0 aliphatic carbocycles. The van der Waals surface area contributed by atoms with Gasteiger partial charge in [0.1, 0.15) is 0 Å². The van der Waals surface area contributed by atoms with Gasteiger partial charge < -0.3 is 4.90 Å². The molecular formula is C16H16N2O2. The molecule has 1 heterocycles. The topological polar surface area (TPSA) is 46.4 Å². The minimum atomic E-state index is -0.304. The first-order valence-electron chi connectivity index (χ1n) is 6.73. The van der Waals surface area contributed by atoms with Gasteiger partial charge in [-0.25, -0.2) is 0 Å². The summed E-state index contributed by atoms with van der Waals surface area (Å²) in [5, 5.41) is 11.1. The molecule has 1 aliphatic heterocycles. The van der Waals surface area contributed by atoms with Gasteiger partial charge in [0.15, 0.2) is 0 Å². The quantitative estimate of drug-likeness (QED) is 0.631. The van der Waals surface area contributed by atoms with Gasteiger partial charge in [-0.1, -0.05) is 36.4 Å². The van der Waals surface area contributed by atoms with Gasteiger partial charge in [0.25, 0.3) is 5.69 Å². The summed E-state index contributed by atoms with van der Waals surface area (Å²) in [6, 6.07) is 15.6. The Morgan fingerprint density at radius 2 is 1.90 bits per heavy atom. The van der Waals surface area contributed by atoms with Crippen LogP contribution in [0.15, 0.2) is 48.5 Å². The Morgan fingerprint density at radius 3 is 2.70 bits per heavy atom. The molecule has 0 radical (unpaired) electrons. The first kappa shape index (κ1) is 12.7. The van der Waals surface area contributed by atoms with Crippen LogP contribution in [-0.2, 0) is 13.0 Å². The molecule has 0 amide bonds. The molecule has 2 aromatic carbocycles. The van der Waals surface area contributed by atoms with Gasteiger partial charge >= 0.3 is 0 Å². The Morgan fingerprint density at radius 1 is 1.20 bits per heavy atom. The van der Waals surface area contributed by atoms with E-state index in [2.05, 4.69) is 24.0 Å². The molecule has 0 saturated carbocycles. The molecule has 1 atom stereocenters. The normalized spacial score (nSPS) is 17.1. The molecule has 3 rings (SSSR count). The zero-order valence-electron chi connectivity index (χ0n) is 11.3. The summed E-state index contributed by atoms with van der Waals surface area (Å²) in [6.07, 6.45) is 0.997.